The van der Waals surface area contributed by atoms with E-state index in [9.17, 15) is 0 Å². The van der Waals surface area contributed by atoms with Crippen LogP contribution in [0.4, 0.5) is 0 Å². The average molecular weight is 425 g/mol. The molecule has 0 unspecified atom stereocenters. The van der Waals surface area contributed by atoms with E-state index in [2.05, 4.69) is 109 Å². The van der Waals surface area contributed by atoms with Gasteiger partial charge in [-0.1, -0.05) is 67.1 Å². The highest BCUT2D eigenvalue weighted by Gasteiger charge is 2.44. The van der Waals surface area contributed by atoms with E-state index in [0.717, 1.165) is 6.16 Å². The van der Waals surface area contributed by atoms with E-state index < -0.39 is 7.26 Å². The van der Waals surface area contributed by atoms with E-state index in [0.29, 0.717) is 0 Å². The molecule has 0 N–H and O–H groups in total. The molecule has 25 heavy (non-hydrogen) atoms. The fraction of sp³-hybridized carbons (Fsp3) is 0.0909. The average Bonchev–Trinajstić information content (AvgIpc) is 2.68. The van der Waals surface area contributed by atoms with Crippen molar-refractivity contribution in [2.24, 2.45) is 0 Å². The molecule has 0 radical (unpaired) electrons. The van der Waals surface area contributed by atoms with Crippen molar-refractivity contribution in [1.29, 1.82) is 0 Å². The van der Waals surface area contributed by atoms with Gasteiger partial charge in [-0.15, -0.1) is 5.54 Å². The van der Waals surface area contributed by atoms with Gasteiger partial charge in [0.1, 0.15) is 38.9 Å². The monoisotopic (exact) mass is 424 g/mol. The van der Waals surface area contributed by atoms with Crippen molar-refractivity contribution in [2.75, 3.05) is 6.16 Å². The molecular formula is C22H22BrPSi. The standard InChI is InChI=1S/C22H22PSi.BrH/c1-24-19-11-18-23(20-12-5-2-6-13-20,21-14-7-3-8-15-21)22-16-9-4-10-17-22;/h2-10,12-17H,18,24H2,1H3;1H/q+1;/p-1. The van der Waals surface area contributed by atoms with Gasteiger partial charge in [0.25, 0.3) is 0 Å². The fourth-order valence-electron chi connectivity index (χ4n) is 3.07. The predicted octanol–water partition coefficient (Wildman–Crippen LogP) is 0.162. The Morgan fingerprint density at radius 3 is 1.36 bits per heavy atom. The lowest BCUT2D eigenvalue weighted by atomic mass is 10.4. The van der Waals surface area contributed by atoms with Gasteiger partial charge in [-0.05, 0) is 36.4 Å². The Hall–Kier alpha value is -1.65. The summed E-state index contributed by atoms with van der Waals surface area (Å²) in [5, 5.41) is 4.23. The molecule has 3 heteroatoms. The van der Waals surface area contributed by atoms with Crippen LogP contribution < -0.4 is 32.9 Å². The van der Waals surface area contributed by atoms with Gasteiger partial charge in [0, 0.05) is 0 Å². The molecule has 0 atom stereocenters. The largest absolute Gasteiger partial charge is 1.00 e. The molecule has 0 spiro atoms. The Labute approximate surface area is 164 Å². The molecule has 0 aliphatic carbocycles. The molecule has 0 saturated heterocycles. The van der Waals surface area contributed by atoms with Crippen LogP contribution in [0.25, 0.3) is 0 Å². The second kappa shape index (κ2) is 9.73. The zero-order valence-corrected chi connectivity index (χ0v) is 18.3. The molecule has 0 saturated carbocycles. The van der Waals surface area contributed by atoms with E-state index in [1.54, 1.807) is 0 Å². The van der Waals surface area contributed by atoms with Crippen molar-refractivity contribution in [2.45, 2.75) is 6.55 Å². The predicted molar refractivity (Wildman–Crippen MR) is 112 cm³/mol. The van der Waals surface area contributed by atoms with Crippen LogP contribution >= 0.6 is 7.26 Å². The number of halogens is 1. The molecule has 3 aromatic rings. The van der Waals surface area contributed by atoms with Crippen LogP contribution in [0.15, 0.2) is 91.0 Å². The molecule has 0 nitrogen and oxygen atoms in total. The lowest BCUT2D eigenvalue weighted by molar-refractivity contribution is -0.00000462. The van der Waals surface area contributed by atoms with Gasteiger partial charge < -0.3 is 17.0 Å². The molecule has 0 aliphatic rings. The minimum atomic E-state index is -1.73. The Balaban J connectivity index is 0.00000225. The van der Waals surface area contributed by atoms with Gasteiger partial charge in [0.05, 0.1) is 0 Å². The van der Waals surface area contributed by atoms with Gasteiger partial charge in [-0.3, -0.25) is 0 Å². The number of benzene rings is 3. The summed E-state index contributed by atoms with van der Waals surface area (Å²) in [7, 11) is -1.97. The minimum Gasteiger partial charge on any atom is -1.00 e. The molecule has 0 aliphatic heterocycles. The molecule has 126 valence electrons. The fourth-order valence-corrected chi connectivity index (χ4v) is 7.49. The van der Waals surface area contributed by atoms with E-state index in [1.165, 1.54) is 15.9 Å². The van der Waals surface area contributed by atoms with E-state index >= 15 is 0 Å². The van der Waals surface area contributed by atoms with Crippen molar-refractivity contribution in [3.8, 4) is 11.5 Å². The summed E-state index contributed by atoms with van der Waals surface area (Å²) in [4.78, 5) is 0. The third-order valence-electron chi connectivity index (χ3n) is 4.21. The van der Waals surface area contributed by atoms with Crippen molar-refractivity contribution in [1.82, 2.24) is 0 Å². The van der Waals surface area contributed by atoms with Gasteiger partial charge in [0.2, 0.25) is 0 Å². The first-order chi connectivity index (χ1) is 11.9. The molecule has 0 fully saturated rings. The van der Waals surface area contributed by atoms with Gasteiger partial charge in [-0.2, -0.15) is 0 Å². The quantitative estimate of drug-likeness (QED) is 0.318. The van der Waals surface area contributed by atoms with Crippen LogP contribution in [-0.4, -0.2) is 15.7 Å². The third-order valence-corrected chi connectivity index (χ3v) is 8.98. The maximum Gasteiger partial charge on any atom is 0.133 e. The minimum absolute atomic E-state index is 0. The van der Waals surface area contributed by atoms with E-state index in [1.807, 2.05) is 0 Å². The number of rotatable bonds is 4. The lowest BCUT2D eigenvalue weighted by Crippen LogP contribution is -3.00. The van der Waals surface area contributed by atoms with Crippen molar-refractivity contribution < 1.29 is 17.0 Å². The second-order valence-electron chi connectivity index (χ2n) is 5.68. The molecule has 0 aromatic heterocycles. The summed E-state index contributed by atoms with van der Waals surface area (Å²) >= 11 is 0. The second-order valence-corrected chi connectivity index (χ2v) is 10.2. The first-order valence-corrected chi connectivity index (χ1v) is 12.5. The summed E-state index contributed by atoms with van der Waals surface area (Å²) in [5.41, 5.74) is 3.43. The topological polar surface area (TPSA) is 0 Å². The SMILES string of the molecule is C[SiH2]C#CC[P+](c1ccccc1)(c1ccccc1)c1ccccc1.[Br-]. The van der Waals surface area contributed by atoms with Crippen LogP contribution in [0.5, 0.6) is 0 Å². The molecule has 3 rings (SSSR count). The van der Waals surface area contributed by atoms with Crippen LogP contribution in [0.1, 0.15) is 0 Å². The molecule has 0 bridgehead atoms. The van der Waals surface area contributed by atoms with Crippen molar-refractivity contribution in [3.05, 3.63) is 91.0 Å². The highest BCUT2D eigenvalue weighted by Crippen LogP contribution is 2.54. The zero-order valence-electron chi connectivity index (χ0n) is 14.4. The summed E-state index contributed by atoms with van der Waals surface area (Å²) in [5.74, 6) is 3.53. The van der Waals surface area contributed by atoms with Crippen LogP contribution in [0, 0.1) is 11.5 Å². The van der Waals surface area contributed by atoms with Crippen LogP contribution in [0.3, 0.4) is 0 Å². The Morgan fingerprint density at radius 1 is 0.680 bits per heavy atom. The highest BCUT2D eigenvalue weighted by molar-refractivity contribution is 7.95. The van der Waals surface area contributed by atoms with Crippen molar-refractivity contribution >= 4 is 32.7 Å². The Kier molecular flexibility index (Phi) is 7.66. The summed E-state index contributed by atoms with van der Waals surface area (Å²) in [6, 6.07) is 32.9. The summed E-state index contributed by atoms with van der Waals surface area (Å²) in [6.07, 6.45) is 0.922. The first kappa shape index (κ1) is 19.7. The molecule has 0 heterocycles. The highest BCUT2D eigenvalue weighted by atomic mass is 79.9. The van der Waals surface area contributed by atoms with Gasteiger partial charge >= 0.3 is 0 Å². The van der Waals surface area contributed by atoms with Crippen LogP contribution in [0.2, 0.25) is 6.55 Å². The maximum absolute atomic E-state index is 3.53. The first-order valence-electron chi connectivity index (χ1n) is 8.38. The molecular weight excluding hydrogens is 403 g/mol. The third kappa shape index (κ3) is 4.31. The Bertz CT molecular complexity index is 727. The smallest absolute Gasteiger partial charge is 0.133 e. The summed E-state index contributed by atoms with van der Waals surface area (Å²) < 4.78 is 0. The Morgan fingerprint density at radius 2 is 1.04 bits per heavy atom. The van der Waals surface area contributed by atoms with E-state index in [4.69, 9.17) is 0 Å². The maximum atomic E-state index is 3.53. The molecule has 0 amide bonds. The number of hydrogen-bond acceptors (Lipinski definition) is 0. The number of hydrogen-bond donors (Lipinski definition) is 0. The van der Waals surface area contributed by atoms with Gasteiger partial charge in [0.15, 0.2) is 0 Å². The zero-order chi connectivity index (χ0) is 16.7. The molecule has 3 aromatic carbocycles. The van der Waals surface area contributed by atoms with E-state index in [-0.39, 0.29) is 26.5 Å². The van der Waals surface area contributed by atoms with Gasteiger partial charge in [-0.25, -0.2) is 0 Å². The normalized spacial score (nSPS) is 10.8. The lowest BCUT2D eigenvalue weighted by Gasteiger charge is -2.25. The van der Waals surface area contributed by atoms with Crippen molar-refractivity contribution in [3.63, 3.8) is 0 Å². The summed E-state index contributed by atoms with van der Waals surface area (Å²) in [6.45, 7) is 2.25. The van der Waals surface area contributed by atoms with Crippen LogP contribution in [-0.2, 0) is 0 Å².